The van der Waals surface area contributed by atoms with E-state index in [0.29, 0.717) is 0 Å². The summed E-state index contributed by atoms with van der Waals surface area (Å²) in [4.78, 5) is 18.9. The number of anilines is 1. The van der Waals surface area contributed by atoms with Crippen LogP contribution in [0, 0.1) is 11.6 Å². The molecule has 0 N–H and O–H groups in total. The van der Waals surface area contributed by atoms with Gasteiger partial charge < -0.3 is 0 Å². The summed E-state index contributed by atoms with van der Waals surface area (Å²) in [5, 5.41) is 0.136. The second-order valence-corrected chi connectivity index (χ2v) is 9.87. The molecule has 0 fully saturated rings. The van der Waals surface area contributed by atoms with Gasteiger partial charge in [0.25, 0.3) is 5.91 Å². The minimum Gasteiger partial charge on any atom is -0.279 e. The van der Waals surface area contributed by atoms with Gasteiger partial charge >= 0.3 is 0 Å². The molecule has 31 heavy (non-hydrogen) atoms. The minimum atomic E-state index is -3.68. The average molecular weight is 459 g/mol. The Labute approximate surface area is 181 Å². The molecule has 5 nitrogen and oxygen atoms in total. The van der Waals surface area contributed by atoms with Crippen LogP contribution in [0.4, 0.5) is 13.9 Å². The number of thiazole rings is 1. The third-order valence-corrected chi connectivity index (χ3v) is 6.76. The smallest absolute Gasteiger partial charge is 0.261 e. The fourth-order valence-corrected chi connectivity index (χ4v) is 5.05. The van der Waals surface area contributed by atoms with E-state index in [0.717, 1.165) is 35.3 Å². The standard InChI is InChI=1S/C22H16F2N2O3S2/c1-31(28,29)19-10-6-5-9-16(19)21(27)26(13-14-7-3-2-4-8-14)22-25-20-17(24)11-15(23)12-18(20)30-22/h2-12H,13H2,1H3. The second-order valence-electron chi connectivity index (χ2n) is 6.88. The first-order valence-electron chi connectivity index (χ1n) is 9.14. The number of benzene rings is 3. The largest absolute Gasteiger partial charge is 0.279 e. The molecule has 3 aromatic carbocycles. The van der Waals surface area contributed by atoms with E-state index in [-0.39, 0.29) is 32.4 Å². The van der Waals surface area contributed by atoms with E-state index in [1.54, 1.807) is 30.3 Å². The highest BCUT2D eigenvalue weighted by Crippen LogP contribution is 2.33. The van der Waals surface area contributed by atoms with E-state index in [1.165, 1.54) is 23.1 Å². The van der Waals surface area contributed by atoms with E-state index >= 15 is 0 Å². The van der Waals surface area contributed by atoms with E-state index in [1.807, 2.05) is 6.07 Å². The topological polar surface area (TPSA) is 67.3 Å². The van der Waals surface area contributed by atoms with Crippen molar-refractivity contribution >= 4 is 42.4 Å². The zero-order valence-corrected chi connectivity index (χ0v) is 17.9. The molecule has 4 aromatic rings. The zero-order chi connectivity index (χ0) is 22.2. The number of carbonyl (C=O) groups is 1. The highest BCUT2D eigenvalue weighted by Gasteiger charge is 2.27. The molecule has 0 spiro atoms. The van der Waals surface area contributed by atoms with Gasteiger partial charge in [-0.3, -0.25) is 9.69 Å². The van der Waals surface area contributed by atoms with Gasteiger partial charge in [-0.25, -0.2) is 22.2 Å². The summed E-state index contributed by atoms with van der Waals surface area (Å²) in [5.41, 5.74) is 0.689. The van der Waals surface area contributed by atoms with Crippen LogP contribution in [0.3, 0.4) is 0 Å². The Bertz CT molecular complexity index is 1390. The predicted octanol–water partition coefficient (Wildman–Crippen LogP) is 4.83. The summed E-state index contributed by atoms with van der Waals surface area (Å²) in [6, 6.07) is 16.8. The fourth-order valence-electron chi connectivity index (χ4n) is 3.17. The number of hydrogen-bond donors (Lipinski definition) is 0. The summed E-state index contributed by atoms with van der Waals surface area (Å²) in [7, 11) is -3.68. The zero-order valence-electron chi connectivity index (χ0n) is 16.2. The lowest BCUT2D eigenvalue weighted by Gasteiger charge is -2.21. The molecule has 0 aliphatic rings. The molecule has 0 atom stereocenters. The van der Waals surface area contributed by atoms with Crippen LogP contribution in [-0.4, -0.2) is 25.6 Å². The minimum absolute atomic E-state index is 0.0214. The molecule has 158 valence electrons. The van der Waals surface area contributed by atoms with Crippen molar-refractivity contribution in [3.63, 3.8) is 0 Å². The highest BCUT2D eigenvalue weighted by molar-refractivity contribution is 7.90. The molecule has 0 unspecified atom stereocenters. The van der Waals surface area contributed by atoms with Gasteiger partial charge in [-0.2, -0.15) is 0 Å². The number of sulfone groups is 1. The Morgan fingerprint density at radius 3 is 2.42 bits per heavy atom. The highest BCUT2D eigenvalue weighted by atomic mass is 32.2. The number of nitrogens with zero attached hydrogens (tertiary/aromatic N) is 2. The number of fused-ring (bicyclic) bond motifs is 1. The van der Waals surface area contributed by atoms with Gasteiger partial charge in [0.2, 0.25) is 0 Å². The number of rotatable bonds is 5. The van der Waals surface area contributed by atoms with Crippen LogP contribution in [0.2, 0.25) is 0 Å². The van der Waals surface area contributed by atoms with Crippen molar-refractivity contribution in [2.24, 2.45) is 0 Å². The van der Waals surface area contributed by atoms with Crippen LogP contribution in [-0.2, 0) is 16.4 Å². The first kappa shape index (κ1) is 21.1. The quantitative estimate of drug-likeness (QED) is 0.430. The number of aromatic nitrogens is 1. The number of amides is 1. The Kier molecular flexibility index (Phi) is 5.55. The van der Waals surface area contributed by atoms with Crippen molar-refractivity contribution in [3.05, 3.63) is 89.5 Å². The maximum absolute atomic E-state index is 14.2. The van der Waals surface area contributed by atoms with Crippen LogP contribution in [0.1, 0.15) is 15.9 Å². The molecule has 4 rings (SSSR count). The van der Waals surface area contributed by atoms with Gasteiger partial charge in [0.1, 0.15) is 11.3 Å². The summed E-state index contributed by atoms with van der Waals surface area (Å²) >= 11 is 0.954. The van der Waals surface area contributed by atoms with Gasteiger partial charge in [0, 0.05) is 12.3 Å². The van der Waals surface area contributed by atoms with Crippen LogP contribution < -0.4 is 4.90 Å². The molecule has 0 radical (unpaired) electrons. The first-order valence-corrected chi connectivity index (χ1v) is 11.9. The molecule has 1 aromatic heterocycles. The third kappa shape index (κ3) is 4.33. The number of carbonyl (C=O) groups excluding carboxylic acids is 1. The lowest BCUT2D eigenvalue weighted by atomic mass is 10.1. The Hall–Kier alpha value is -3.17. The van der Waals surface area contributed by atoms with Gasteiger partial charge in [-0.05, 0) is 23.8 Å². The predicted molar refractivity (Wildman–Crippen MR) is 116 cm³/mol. The molecule has 1 heterocycles. The molecule has 0 saturated carbocycles. The van der Waals surface area contributed by atoms with Crippen LogP contribution in [0.15, 0.2) is 71.6 Å². The van der Waals surface area contributed by atoms with Crippen LogP contribution in [0.25, 0.3) is 10.2 Å². The van der Waals surface area contributed by atoms with Crippen molar-refractivity contribution in [1.82, 2.24) is 4.98 Å². The van der Waals surface area contributed by atoms with E-state index in [9.17, 15) is 22.0 Å². The molecular formula is C22H16F2N2O3S2. The molecule has 9 heteroatoms. The monoisotopic (exact) mass is 458 g/mol. The van der Waals surface area contributed by atoms with Crippen molar-refractivity contribution in [2.75, 3.05) is 11.2 Å². The van der Waals surface area contributed by atoms with Crippen LogP contribution >= 0.6 is 11.3 Å². The molecule has 0 aliphatic heterocycles. The van der Waals surface area contributed by atoms with Crippen molar-refractivity contribution in [3.8, 4) is 0 Å². The Morgan fingerprint density at radius 1 is 1.03 bits per heavy atom. The summed E-state index contributed by atoms with van der Waals surface area (Å²) < 4.78 is 52.6. The van der Waals surface area contributed by atoms with E-state index < -0.39 is 27.4 Å². The second kappa shape index (κ2) is 8.16. The molecule has 0 bridgehead atoms. The normalized spacial score (nSPS) is 11.6. The van der Waals surface area contributed by atoms with E-state index in [2.05, 4.69) is 4.98 Å². The summed E-state index contributed by atoms with van der Waals surface area (Å²) in [6.45, 7) is 0.0711. The maximum Gasteiger partial charge on any atom is 0.261 e. The SMILES string of the molecule is CS(=O)(=O)c1ccccc1C(=O)N(Cc1ccccc1)c1nc2c(F)cc(F)cc2s1. The fraction of sp³-hybridized carbons (Fsp3) is 0.0909. The maximum atomic E-state index is 14.2. The number of halogens is 2. The third-order valence-electron chi connectivity index (χ3n) is 4.58. The lowest BCUT2D eigenvalue weighted by molar-refractivity contribution is 0.0982. The molecule has 0 saturated heterocycles. The lowest BCUT2D eigenvalue weighted by Crippen LogP contribution is -2.31. The van der Waals surface area contributed by atoms with E-state index in [4.69, 9.17) is 0 Å². The van der Waals surface area contributed by atoms with Gasteiger partial charge in [-0.1, -0.05) is 53.8 Å². The van der Waals surface area contributed by atoms with Gasteiger partial charge in [0.05, 0.1) is 21.7 Å². The summed E-state index contributed by atoms with van der Waals surface area (Å²) in [6.07, 6.45) is 1.02. The number of hydrogen-bond acceptors (Lipinski definition) is 5. The Morgan fingerprint density at radius 2 is 1.71 bits per heavy atom. The average Bonchev–Trinajstić information content (AvgIpc) is 3.16. The summed E-state index contributed by atoms with van der Waals surface area (Å²) in [5.74, 6) is -2.19. The van der Waals surface area contributed by atoms with Gasteiger partial charge in [0.15, 0.2) is 20.8 Å². The molecular weight excluding hydrogens is 442 g/mol. The first-order chi connectivity index (χ1) is 14.7. The van der Waals surface area contributed by atoms with Crippen molar-refractivity contribution in [2.45, 2.75) is 11.4 Å². The van der Waals surface area contributed by atoms with Crippen molar-refractivity contribution < 1.29 is 22.0 Å². The molecule has 0 aliphatic carbocycles. The van der Waals surface area contributed by atoms with Crippen LogP contribution in [0.5, 0.6) is 0 Å². The van der Waals surface area contributed by atoms with Crippen molar-refractivity contribution in [1.29, 1.82) is 0 Å². The van der Waals surface area contributed by atoms with Gasteiger partial charge in [-0.15, -0.1) is 0 Å². The molecule has 1 amide bonds. The Balaban J connectivity index is 1.87.